The Kier molecular flexibility index (Phi) is 12.7. The molecule has 3 aromatic rings. The quantitative estimate of drug-likeness (QED) is 0.103. The SMILES string of the molecule is CN(Cc1ccccc1)C[C@H]1C[C@@H](c2ccc(CO)cc2)O[C@@H](c2cccc(NC(=O)CCCCCCC(=O)NO)c2)O1. The van der Waals surface area contributed by atoms with E-state index in [0.717, 1.165) is 49.0 Å². The van der Waals surface area contributed by atoms with Gasteiger partial charge < -0.3 is 19.9 Å². The number of benzene rings is 3. The summed E-state index contributed by atoms with van der Waals surface area (Å²) in [6.07, 6.45) is 3.50. The number of likely N-dealkylation sites (N-methyl/N-ethyl adjacent to an activating group) is 1. The van der Waals surface area contributed by atoms with E-state index in [4.69, 9.17) is 14.7 Å². The van der Waals surface area contributed by atoms with E-state index < -0.39 is 6.29 Å². The molecule has 1 saturated heterocycles. The number of hydroxylamine groups is 1. The first-order valence-electron chi connectivity index (χ1n) is 15.0. The smallest absolute Gasteiger partial charge is 0.243 e. The molecule has 1 heterocycles. The summed E-state index contributed by atoms with van der Waals surface area (Å²) in [4.78, 5) is 26.0. The number of carbonyl (C=O) groups is 2. The lowest BCUT2D eigenvalue weighted by molar-refractivity contribution is -0.252. The number of amides is 2. The van der Waals surface area contributed by atoms with Gasteiger partial charge in [-0.3, -0.25) is 19.7 Å². The fourth-order valence-corrected chi connectivity index (χ4v) is 5.31. The van der Waals surface area contributed by atoms with Crippen LogP contribution < -0.4 is 10.8 Å². The number of hydrogen-bond donors (Lipinski definition) is 4. The van der Waals surface area contributed by atoms with Gasteiger partial charge in [-0.2, -0.15) is 0 Å². The molecule has 43 heavy (non-hydrogen) atoms. The Morgan fingerprint density at radius 2 is 1.56 bits per heavy atom. The maximum atomic E-state index is 12.6. The third-order valence-corrected chi connectivity index (χ3v) is 7.55. The fraction of sp³-hybridized carbons (Fsp3) is 0.412. The van der Waals surface area contributed by atoms with Gasteiger partial charge in [0.15, 0.2) is 6.29 Å². The van der Waals surface area contributed by atoms with Crippen LogP contribution in [0.2, 0.25) is 0 Å². The number of nitrogens with one attached hydrogen (secondary N) is 2. The lowest BCUT2D eigenvalue weighted by Gasteiger charge is -2.38. The van der Waals surface area contributed by atoms with Crippen LogP contribution in [0.1, 0.15) is 79.6 Å². The molecule has 230 valence electrons. The van der Waals surface area contributed by atoms with Crippen LogP contribution in [-0.4, -0.2) is 46.7 Å². The highest BCUT2D eigenvalue weighted by molar-refractivity contribution is 5.90. The van der Waals surface area contributed by atoms with Gasteiger partial charge in [0, 0.05) is 43.6 Å². The highest BCUT2D eigenvalue weighted by Crippen LogP contribution is 2.38. The van der Waals surface area contributed by atoms with E-state index in [2.05, 4.69) is 29.4 Å². The van der Waals surface area contributed by atoms with Crippen molar-refractivity contribution in [1.29, 1.82) is 0 Å². The number of nitrogens with zero attached hydrogens (tertiary/aromatic N) is 1. The number of aliphatic hydroxyl groups is 1. The molecular formula is C34H43N3O6. The van der Waals surface area contributed by atoms with E-state index >= 15 is 0 Å². The Hall–Kier alpha value is -3.60. The van der Waals surface area contributed by atoms with E-state index in [1.807, 2.05) is 66.7 Å². The largest absolute Gasteiger partial charge is 0.392 e. The number of aliphatic hydroxyl groups excluding tert-OH is 1. The first-order chi connectivity index (χ1) is 20.9. The van der Waals surface area contributed by atoms with Crippen molar-refractivity contribution in [3.05, 3.63) is 101 Å². The van der Waals surface area contributed by atoms with Crippen LogP contribution in [0.5, 0.6) is 0 Å². The van der Waals surface area contributed by atoms with Gasteiger partial charge in [0.05, 0.1) is 18.8 Å². The minimum Gasteiger partial charge on any atom is -0.392 e. The van der Waals surface area contributed by atoms with Gasteiger partial charge in [0.1, 0.15) is 0 Å². The summed E-state index contributed by atoms with van der Waals surface area (Å²) < 4.78 is 13.0. The first kappa shape index (κ1) is 32.3. The lowest BCUT2D eigenvalue weighted by atomic mass is 9.99. The molecule has 9 nitrogen and oxygen atoms in total. The second kappa shape index (κ2) is 16.9. The van der Waals surface area contributed by atoms with Gasteiger partial charge in [-0.25, -0.2) is 5.48 Å². The molecule has 4 rings (SSSR count). The molecular weight excluding hydrogens is 546 g/mol. The number of anilines is 1. The van der Waals surface area contributed by atoms with Gasteiger partial charge >= 0.3 is 0 Å². The zero-order valence-electron chi connectivity index (χ0n) is 24.8. The highest BCUT2D eigenvalue weighted by Gasteiger charge is 2.33. The molecule has 0 saturated carbocycles. The monoisotopic (exact) mass is 589 g/mol. The highest BCUT2D eigenvalue weighted by atomic mass is 16.7. The Morgan fingerprint density at radius 1 is 0.837 bits per heavy atom. The zero-order valence-corrected chi connectivity index (χ0v) is 24.8. The average molecular weight is 590 g/mol. The van der Waals surface area contributed by atoms with Crippen molar-refractivity contribution >= 4 is 17.5 Å². The maximum absolute atomic E-state index is 12.6. The molecule has 0 bridgehead atoms. The fourth-order valence-electron chi connectivity index (χ4n) is 5.31. The molecule has 0 aromatic heterocycles. The summed E-state index contributed by atoms with van der Waals surface area (Å²) in [6, 6.07) is 25.8. The second-order valence-electron chi connectivity index (χ2n) is 11.2. The zero-order chi connectivity index (χ0) is 30.4. The number of carbonyl (C=O) groups excluding carboxylic acids is 2. The average Bonchev–Trinajstić information content (AvgIpc) is 3.03. The summed E-state index contributed by atoms with van der Waals surface area (Å²) in [7, 11) is 2.09. The van der Waals surface area contributed by atoms with Gasteiger partial charge in [0.2, 0.25) is 11.8 Å². The molecule has 0 radical (unpaired) electrons. The molecule has 0 unspecified atom stereocenters. The van der Waals surface area contributed by atoms with Crippen molar-refractivity contribution in [2.75, 3.05) is 18.9 Å². The van der Waals surface area contributed by atoms with E-state index in [0.29, 0.717) is 24.9 Å². The predicted molar refractivity (Wildman–Crippen MR) is 164 cm³/mol. The van der Waals surface area contributed by atoms with Crippen LogP contribution in [0.15, 0.2) is 78.9 Å². The van der Waals surface area contributed by atoms with Crippen LogP contribution in [0, 0.1) is 0 Å². The van der Waals surface area contributed by atoms with Gasteiger partial charge in [-0.05, 0) is 48.7 Å². The van der Waals surface area contributed by atoms with Gasteiger partial charge in [-0.15, -0.1) is 0 Å². The van der Waals surface area contributed by atoms with Crippen LogP contribution in [-0.2, 0) is 32.2 Å². The molecule has 1 fully saturated rings. The molecule has 2 amide bonds. The van der Waals surface area contributed by atoms with E-state index in [9.17, 15) is 14.7 Å². The first-order valence-corrected chi connectivity index (χ1v) is 15.0. The Bertz CT molecular complexity index is 1290. The summed E-state index contributed by atoms with van der Waals surface area (Å²) >= 11 is 0. The van der Waals surface area contributed by atoms with Gasteiger partial charge in [0.25, 0.3) is 0 Å². The molecule has 1 aliphatic heterocycles. The van der Waals surface area contributed by atoms with E-state index in [-0.39, 0.29) is 37.0 Å². The van der Waals surface area contributed by atoms with Gasteiger partial charge in [-0.1, -0.05) is 79.6 Å². The Morgan fingerprint density at radius 3 is 2.26 bits per heavy atom. The standard InChI is InChI=1S/C34H43N3O6/c1-37(22-25-10-5-4-6-11-25)23-30-21-31(27-18-16-26(24-38)17-19-27)43-34(42-30)28-12-9-13-29(20-28)35-32(39)14-7-2-3-8-15-33(40)36-41/h4-6,9-13,16-20,30-31,34,38,41H,2-3,7-8,14-15,21-24H2,1H3,(H,35,39)(H,36,40)/t30-,31+,34+/m1/s1. The molecule has 0 aliphatic carbocycles. The third-order valence-electron chi connectivity index (χ3n) is 7.55. The minimum atomic E-state index is -0.612. The Labute approximate surface area is 253 Å². The molecule has 9 heteroatoms. The molecule has 3 aromatic carbocycles. The normalized spacial score (nSPS) is 18.4. The minimum absolute atomic E-state index is 0.00763. The van der Waals surface area contributed by atoms with Crippen molar-refractivity contribution in [2.45, 2.75) is 76.6 Å². The number of hydrogen-bond acceptors (Lipinski definition) is 7. The van der Waals surface area contributed by atoms with Crippen molar-refractivity contribution in [2.24, 2.45) is 0 Å². The van der Waals surface area contributed by atoms with Crippen LogP contribution in [0.25, 0.3) is 0 Å². The van der Waals surface area contributed by atoms with E-state index in [1.165, 1.54) is 5.56 Å². The topological polar surface area (TPSA) is 120 Å². The predicted octanol–water partition coefficient (Wildman–Crippen LogP) is 5.64. The molecule has 3 atom stereocenters. The van der Waals surface area contributed by atoms with Crippen molar-refractivity contribution < 1.29 is 29.4 Å². The summed E-state index contributed by atoms with van der Waals surface area (Å²) in [6.45, 7) is 1.52. The van der Waals surface area contributed by atoms with Crippen molar-refractivity contribution in [3.8, 4) is 0 Å². The number of ether oxygens (including phenoxy) is 2. The molecule has 0 spiro atoms. The second-order valence-corrected chi connectivity index (χ2v) is 11.2. The number of rotatable bonds is 15. The molecule has 1 aliphatic rings. The van der Waals surface area contributed by atoms with Crippen molar-refractivity contribution in [1.82, 2.24) is 10.4 Å². The van der Waals surface area contributed by atoms with Crippen LogP contribution in [0.4, 0.5) is 5.69 Å². The van der Waals surface area contributed by atoms with Crippen molar-refractivity contribution in [3.63, 3.8) is 0 Å². The maximum Gasteiger partial charge on any atom is 0.243 e. The van der Waals surface area contributed by atoms with E-state index in [1.54, 1.807) is 5.48 Å². The molecule has 4 N–H and O–H groups in total. The number of unbranched alkanes of at least 4 members (excludes halogenated alkanes) is 3. The Balaban J connectivity index is 1.38. The third kappa shape index (κ3) is 10.6. The summed E-state index contributed by atoms with van der Waals surface area (Å²) in [5, 5.41) is 21.0. The van der Waals surface area contributed by atoms with Crippen LogP contribution in [0.3, 0.4) is 0 Å². The summed E-state index contributed by atoms with van der Waals surface area (Å²) in [5.74, 6) is -0.460. The lowest BCUT2D eigenvalue weighted by Crippen LogP contribution is -2.37. The van der Waals surface area contributed by atoms with Crippen LogP contribution >= 0.6 is 0 Å². The summed E-state index contributed by atoms with van der Waals surface area (Å²) in [5.41, 5.74) is 6.26.